The van der Waals surface area contributed by atoms with Crippen LogP contribution in [0.15, 0.2) is 0 Å². The van der Waals surface area contributed by atoms with Crippen LogP contribution < -0.4 is 0 Å². The van der Waals surface area contributed by atoms with Gasteiger partial charge in [-0.3, -0.25) is 0 Å². The van der Waals surface area contributed by atoms with Gasteiger partial charge in [0.1, 0.15) is 0 Å². The molecule has 1 aliphatic carbocycles. The van der Waals surface area contributed by atoms with E-state index in [0.29, 0.717) is 0 Å². The fourth-order valence-corrected chi connectivity index (χ4v) is 25.8. The summed E-state index contributed by atoms with van der Waals surface area (Å²) in [6.07, 6.45) is 8.68. The molecule has 1 aliphatic rings. The van der Waals surface area contributed by atoms with Gasteiger partial charge in [0.25, 0.3) is 0 Å². The predicted octanol–water partition coefficient (Wildman–Crippen LogP) is 7.35. The molecule has 0 saturated heterocycles. The van der Waals surface area contributed by atoms with Gasteiger partial charge in [-0.25, -0.2) is 0 Å². The van der Waals surface area contributed by atoms with Gasteiger partial charge in [-0.15, -0.1) is 0 Å². The molecular weight excluding hydrogens is 399 g/mol. The van der Waals surface area contributed by atoms with Crippen molar-refractivity contribution in [1.29, 1.82) is 0 Å². The van der Waals surface area contributed by atoms with Gasteiger partial charge in [0.15, 0.2) is 0 Å². The molecule has 2 heteroatoms. The fraction of sp³-hybridized carbons (Fsp3) is 0.905. The van der Waals surface area contributed by atoms with Crippen LogP contribution >= 0.6 is 0 Å². The Kier molecular flexibility index (Phi) is 9.31. The van der Waals surface area contributed by atoms with Crippen molar-refractivity contribution in [1.82, 2.24) is 0 Å². The van der Waals surface area contributed by atoms with E-state index in [9.17, 15) is 0 Å². The summed E-state index contributed by atoms with van der Waals surface area (Å²) in [5.41, 5.74) is 3.71. The van der Waals surface area contributed by atoms with E-state index >= 15 is 0 Å². The minimum absolute atomic E-state index is 0.795. The Morgan fingerprint density at radius 1 is 0.826 bits per heavy atom. The standard InChI is InChI=1S/C9H15Si.3C4H9.Sn/c1-8-7-9(8)5-6-10(2,3)4;3*1-3-4-2;/h7-9H,1-4H3;3*1,3-4H2,2H3;/t8-,9-;;;;/m0..../s1. The first-order valence-corrected chi connectivity index (χ1v) is 21.5. The zero-order chi connectivity index (χ0) is 17.5. The van der Waals surface area contributed by atoms with Crippen molar-refractivity contribution in [2.75, 3.05) is 0 Å². The molecule has 134 valence electrons. The van der Waals surface area contributed by atoms with Gasteiger partial charge in [0.05, 0.1) is 0 Å². The van der Waals surface area contributed by atoms with Crippen LogP contribution in [0.25, 0.3) is 0 Å². The van der Waals surface area contributed by atoms with Gasteiger partial charge in [-0.05, 0) is 0 Å². The molecule has 0 N–H and O–H groups in total. The molecule has 0 aromatic heterocycles. The molecule has 1 fully saturated rings. The Labute approximate surface area is 152 Å². The van der Waals surface area contributed by atoms with Crippen molar-refractivity contribution in [3.8, 4) is 11.5 Å². The summed E-state index contributed by atoms with van der Waals surface area (Å²) in [4.78, 5) is 0. The van der Waals surface area contributed by atoms with Gasteiger partial charge in [-0.2, -0.15) is 0 Å². The third-order valence-electron chi connectivity index (χ3n) is 5.78. The van der Waals surface area contributed by atoms with Crippen molar-refractivity contribution in [2.24, 2.45) is 11.8 Å². The minimum atomic E-state index is -2.02. The van der Waals surface area contributed by atoms with Gasteiger partial charge >= 0.3 is 153 Å². The van der Waals surface area contributed by atoms with E-state index in [4.69, 9.17) is 0 Å². The SMILES string of the molecule is CCC[CH2][Sn]([CH2]CCC)([CH2]CCC)[C@@H]1[C@H](C)[C@H]1C#C[Si](C)(C)C. The summed E-state index contributed by atoms with van der Waals surface area (Å²) in [5.74, 6) is 5.52. The van der Waals surface area contributed by atoms with E-state index in [1.165, 1.54) is 38.5 Å². The Balaban J connectivity index is 2.94. The molecule has 0 amide bonds. The Hall–Kier alpha value is 0.576. The van der Waals surface area contributed by atoms with E-state index in [1.54, 1.807) is 13.3 Å². The van der Waals surface area contributed by atoms with Crippen molar-refractivity contribution >= 4 is 26.5 Å². The number of unbranched alkanes of at least 4 members (excludes halogenated alkanes) is 3. The molecule has 23 heavy (non-hydrogen) atoms. The van der Waals surface area contributed by atoms with Gasteiger partial charge in [0, 0.05) is 0 Å². The molecule has 0 aliphatic heterocycles. The van der Waals surface area contributed by atoms with Crippen LogP contribution in [0, 0.1) is 23.3 Å². The van der Waals surface area contributed by atoms with E-state index in [0.717, 1.165) is 15.8 Å². The summed E-state index contributed by atoms with van der Waals surface area (Å²) in [5, 5.41) is 0. The molecule has 0 unspecified atom stereocenters. The van der Waals surface area contributed by atoms with Gasteiger partial charge in [0.2, 0.25) is 0 Å². The molecule has 0 aromatic carbocycles. The van der Waals surface area contributed by atoms with Crippen LogP contribution in [0.2, 0.25) is 36.9 Å². The molecule has 0 spiro atoms. The first kappa shape index (κ1) is 21.6. The third-order valence-corrected chi connectivity index (χ3v) is 24.8. The Bertz CT molecular complexity index is 377. The zero-order valence-electron chi connectivity index (χ0n) is 17.1. The average Bonchev–Trinajstić information content (AvgIpc) is 3.15. The monoisotopic (exact) mass is 442 g/mol. The van der Waals surface area contributed by atoms with Gasteiger partial charge in [-0.1, -0.05) is 0 Å². The molecule has 1 saturated carbocycles. The molecular formula is C21H42SiSn. The van der Waals surface area contributed by atoms with Gasteiger partial charge < -0.3 is 0 Å². The summed E-state index contributed by atoms with van der Waals surface area (Å²) in [7, 11) is -1.21. The molecule has 0 bridgehead atoms. The molecule has 0 nitrogen and oxygen atoms in total. The quantitative estimate of drug-likeness (QED) is 0.246. The van der Waals surface area contributed by atoms with Crippen LogP contribution in [0.1, 0.15) is 66.2 Å². The maximum absolute atomic E-state index is 3.80. The predicted molar refractivity (Wildman–Crippen MR) is 112 cm³/mol. The molecule has 0 aromatic rings. The number of hydrogen-bond acceptors (Lipinski definition) is 0. The normalized spacial score (nSPS) is 24.2. The van der Waals surface area contributed by atoms with Crippen molar-refractivity contribution in [3.63, 3.8) is 0 Å². The van der Waals surface area contributed by atoms with Crippen molar-refractivity contribution < 1.29 is 0 Å². The van der Waals surface area contributed by atoms with Crippen LogP contribution in [-0.4, -0.2) is 26.5 Å². The molecule has 1 rings (SSSR count). The van der Waals surface area contributed by atoms with Crippen LogP contribution in [-0.2, 0) is 0 Å². The van der Waals surface area contributed by atoms with Crippen LogP contribution in [0.3, 0.4) is 0 Å². The third kappa shape index (κ3) is 6.77. The second kappa shape index (κ2) is 9.90. The average molecular weight is 441 g/mol. The topological polar surface area (TPSA) is 0 Å². The summed E-state index contributed by atoms with van der Waals surface area (Å²) >= 11 is -2.02. The number of rotatable bonds is 10. The van der Waals surface area contributed by atoms with Crippen molar-refractivity contribution in [3.05, 3.63) is 0 Å². The van der Waals surface area contributed by atoms with Crippen molar-refractivity contribution in [2.45, 2.75) is 103 Å². The number of hydrogen-bond donors (Lipinski definition) is 0. The molecule has 3 atom stereocenters. The summed E-state index contributed by atoms with van der Waals surface area (Å²) < 4.78 is 6.07. The summed E-state index contributed by atoms with van der Waals surface area (Å²) in [6, 6.07) is 0. The van der Waals surface area contributed by atoms with E-state index in [2.05, 4.69) is 58.8 Å². The van der Waals surface area contributed by atoms with Crippen LogP contribution in [0.4, 0.5) is 0 Å². The first-order chi connectivity index (χ1) is 10.8. The Morgan fingerprint density at radius 3 is 1.61 bits per heavy atom. The summed E-state index contributed by atoms with van der Waals surface area (Å²) in [6.45, 7) is 16.9. The zero-order valence-corrected chi connectivity index (χ0v) is 21.0. The van der Waals surface area contributed by atoms with E-state index in [1.807, 2.05) is 0 Å². The van der Waals surface area contributed by atoms with E-state index in [-0.39, 0.29) is 0 Å². The first-order valence-electron chi connectivity index (χ1n) is 10.3. The second-order valence-corrected chi connectivity index (χ2v) is 27.8. The van der Waals surface area contributed by atoms with E-state index < -0.39 is 26.5 Å². The fourth-order valence-electron chi connectivity index (χ4n) is 4.38. The Morgan fingerprint density at radius 2 is 1.26 bits per heavy atom. The van der Waals surface area contributed by atoms with Crippen LogP contribution in [0.5, 0.6) is 0 Å². The molecule has 0 heterocycles. The molecule has 0 radical (unpaired) electrons. The maximum atomic E-state index is 3.80. The second-order valence-electron chi connectivity index (χ2n) is 9.10.